The number of hydrogen-bond acceptors (Lipinski definition) is 2. The van der Waals surface area contributed by atoms with E-state index < -0.39 is 6.10 Å². The molecule has 2 fully saturated rings. The molecule has 1 aliphatic carbocycles. The maximum atomic E-state index is 13.7. The Hall–Kier alpha value is -0.930. The molecule has 1 saturated carbocycles. The predicted octanol–water partition coefficient (Wildman–Crippen LogP) is 2.98. The summed E-state index contributed by atoms with van der Waals surface area (Å²) in [5.41, 5.74) is 0.430. The van der Waals surface area contributed by atoms with Crippen LogP contribution < -0.4 is 0 Å². The van der Waals surface area contributed by atoms with Crippen LogP contribution >= 0.6 is 0 Å². The van der Waals surface area contributed by atoms with Crippen molar-refractivity contribution < 1.29 is 9.50 Å². The average Bonchev–Trinajstić information content (AvgIpc) is 3.00. The van der Waals surface area contributed by atoms with Crippen LogP contribution in [0.3, 0.4) is 0 Å². The number of nitrogens with zero attached hydrogens (tertiary/aromatic N) is 1. The molecule has 1 saturated heterocycles. The fraction of sp³-hybridized carbons (Fsp3) is 0.625. The van der Waals surface area contributed by atoms with Gasteiger partial charge >= 0.3 is 0 Å². The van der Waals surface area contributed by atoms with Crippen molar-refractivity contribution in [3.05, 3.63) is 35.6 Å². The van der Waals surface area contributed by atoms with Crippen molar-refractivity contribution in [1.29, 1.82) is 0 Å². The Morgan fingerprint density at radius 1 is 1.37 bits per heavy atom. The van der Waals surface area contributed by atoms with E-state index >= 15 is 0 Å². The number of aliphatic hydroxyl groups excluding tert-OH is 1. The standard InChI is InChI=1S/C16H22FNO/c1-11(9-18-10-12-6-7-13(18)8-12)16(19)14-4-2-3-5-15(14)17/h2-5,11-13,16,19H,6-10H2,1H3. The van der Waals surface area contributed by atoms with Gasteiger partial charge in [-0.25, -0.2) is 4.39 Å². The third kappa shape index (κ3) is 2.54. The van der Waals surface area contributed by atoms with E-state index in [1.54, 1.807) is 18.2 Å². The zero-order valence-electron chi connectivity index (χ0n) is 11.4. The Morgan fingerprint density at radius 2 is 2.16 bits per heavy atom. The molecule has 2 nitrogen and oxygen atoms in total. The van der Waals surface area contributed by atoms with Gasteiger partial charge in [-0.05, 0) is 37.2 Å². The third-order valence-electron chi connectivity index (χ3n) is 4.81. The first-order valence-electron chi connectivity index (χ1n) is 7.31. The molecule has 3 rings (SSSR count). The van der Waals surface area contributed by atoms with E-state index in [0.717, 1.165) is 12.5 Å². The van der Waals surface area contributed by atoms with Crippen LogP contribution in [0.15, 0.2) is 24.3 Å². The quantitative estimate of drug-likeness (QED) is 0.902. The fourth-order valence-corrected chi connectivity index (χ4v) is 3.74. The maximum Gasteiger partial charge on any atom is 0.129 e. The van der Waals surface area contributed by atoms with Gasteiger partial charge in [0.25, 0.3) is 0 Å². The number of rotatable bonds is 4. The lowest BCUT2D eigenvalue weighted by Gasteiger charge is -2.31. The van der Waals surface area contributed by atoms with Gasteiger partial charge < -0.3 is 5.11 Å². The van der Waals surface area contributed by atoms with Crippen LogP contribution in [0.1, 0.15) is 37.9 Å². The Morgan fingerprint density at radius 3 is 2.79 bits per heavy atom. The highest BCUT2D eigenvalue weighted by Crippen LogP contribution is 2.38. The van der Waals surface area contributed by atoms with Gasteiger partial charge in [0.05, 0.1) is 6.10 Å². The Balaban J connectivity index is 1.64. The van der Waals surface area contributed by atoms with Crippen LogP contribution in [0.25, 0.3) is 0 Å². The summed E-state index contributed by atoms with van der Waals surface area (Å²) in [6.07, 6.45) is 3.28. The molecule has 0 radical (unpaired) electrons. The third-order valence-corrected chi connectivity index (χ3v) is 4.81. The summed E-state index contributed by atoms with van der Waals surface area (Å²) < 4.78 is 13.7. The summed E-state index contributed by atoms with van der Waals surface area (Å²) in [6, 6.07) is 7.26. The monoisotopic (exact) mass is 263 g/mol. The van der Waals surface area contributed by atoms with Gasteiger partial charge in [0.1, 0.15) is 5.82 Å². The molecule has 4 unspecified atom stereocenters. The highest BCUT2D eigenvalue weighted by molar-refractivity contribution is 5.20. The van der Waals surface area contributed by atoms with Crippen molar-refractivity contribution >= 4 is 0 Å². The molecule has 1 heterocycles. The van der Waals surface area contributed by atoms with Crippen LogP contribution in [0, 0.1) is 17.7 Å². The molecule has 1 N–H and O–H groups in total. The summed E-state index contributed by atoms with van der Waals surface area (Å²) >= 11 is 0. The first-order valence-corrected chi connectivity index (χ1v) is 7.31. The molecule has 1 aromatic carbocycles. The van der Waals surface area contributed by atoms with E-state index in [1.807, 2.05) is 6.92 Å². The van der Waals surface area contributed by atoms with Crippen LogP contribution in [-0.2, 0) is 0 Å². The fourth-order valence-electron chi connectivity index (χ4n) is 3.74. The number of fused-ring (bicyclic) bond motifs is 2. The molecule has 3 heteroatoms. The molecule has 0 spiro atoms. The Bertz CT molecular complexity index is 450. The van der Waals surface area contributed by atoms with E-state index in [-0.39, 0.29) is 11.7 Å². The second kappa shape index (κ2) is 5.22. The molecule has 2 bridgehead atoms. The van der Waals surface area contributed by atoms with Crippen molar-refractivity contribution in [2.24, 2.45) is 11.8 Å². The molecular formula is C16H22FNO. The summed E-state index contributed by atoms with van der Waals surface area (Å²) in [6.45, 7) is 4.05. The van der Waals surface area contributed by atoms with E-state index in [9.17, 15) is 9.50 Å². The van der Waals surface area contributed by atoms with Gasteiger partial charge in [-0.1, -0.05) is 25.1 Å². The van der Waals surface area contributed by atoms with Crippen LogP contribution in [0.2, 0.25) is 0 Å². The van der Waals surface area contributed by atoms with Gasteiger partial charge in [-0.15, -0.1) is 0 Å². The molecule has 0 aromatic heterocycles. The number of likely N-dealkylation sites (tertiary alicyclic amines) is 1. The minimum Gasteiger partial charge on any atom is -0.388 e. The van der Waals surface area contributed by atoms with Crippen LogP contribution in [0.4, 0.5) is 4.39 Å². The van der Waals surface area contributed by atoms with Crippen molar-refractivity contribution in [1.82, 2.24) is 4.90 Å². The normalized spacial score (nSPS) is 29.6. The van der Waals surface area contributed by atoms with Crippen molar-refractivity contribution in [3.8, 4) is 0 Å². The second-order valence-electron chi connectivity index (χ2n) is 6.23. The van der Waals surface area contributed by atoms with Gasteiger partial charge in [-0.3, -0.25) is 4.90 Å². The minimum atomic E-state index is -0.708. The number of halogens is 1. The molecular weight excluding hydrogens is 241 g/mol. The minimum absolute atomic E-state index is 0.0660. The Kier molecular flexibility index (Phi) is 3.59. The topological polar surface area (TPSA) is 23.5 Å². The first-order chi connectivity index (χ1) is 9.15. The molecule has 19 heavy (non-hydrogen) atoms. The summed E-state index contributed by atoms with van der Waals surface area (Å²) in [5.74, 6) is 0.629. The van der Waals surface area contributed by atoms with E-state index in [4.69, 9.17) is 0 Å². The molecule has 2 aliphatic rings. The van der Waals surface area contributed by atoms with Crippen molar-refractivity contribution in [2.45, 2.75) is 38.3 Å². The summed E-state index contributed by atoms with van der Waals surface area (Å²) in [5, 5.41) is 10.3. The average molecular weight is 263 g/mol. The lowest BCUT2D eigenvalue weighted by Crippen LogP contribution is -2.37. The highest BCUT2D eigenvalue weighted by atomic mass is 19.1. The van der Waals surface area contributed by atoms with Crippen molar-refractivity contribution in [3.63, 3.8) is 0 Å². The second-order valence-corrected chi connectivity index (χ2v) is 6.23. The SMILES string of the molecule is CC(CN1CC2CCC1C2)C(O)c1ccccc1F. The zero-order valence-corrected chi connectivity index (χ0v) is 11.4. The van der Waals surface area contributed by atoms with E-state index in [0.29, 0.717) is 11.6 Å². The van der Waals surface area contributed by atoms with Gasteiger partial charge in [0.15, 0.2) is 0 Å². The molecule has 1 aromatic rings. The number of piperidine rings is 1. The number of hydrogen-bond donors (Lipinski definition) is 1. The van der Waals surface area contributed by atoms with Gasteiger partial charge in [0, 0.05) is 24.7 Å². The first kappa shape index (κ1) is 13.1. The molecule has 104 valence electrons. The van der Waals surface area contributed by atoms with Crippen LogP contribution in [0.5, 0.6) is 0 Å². The highest BCUT2D eigenvalue weighted by Gasteiger charge is 2.38. The van der Waals surface area contributed by atoms with Gasteiger partial charge in [-0.2, -0.15) is 0 Å². The lowest BCUT2D eigenvalue weighted by atomic mass is 9.95. The smallest absolute Gasteiger partial charge is 0.129 e. The zero-order chi connectivity index (χ0) is 13.4. The lowest BCUT2D eigenvalue weighted by molar-refractivity contribution is 0.0754. The summed E-state index contributed by atoms with van der Waals surface area (Å²) in [7, 11) is 0. The predicted molar refractivity (Wildman–Crippen MR) is 73.2 cm³/mol. The van der Waals surface area contributed by atoms with Crippen LogP contribution in [-0.4, -0.2) is 29.1 Å². The van der Waals surface area contributed by atoms with Crippen molar-refractivity contribution in [2.75, 3.05) is 13.1 Å². The molecule has 4 atom stereocenters. The molecule has 0 amide bonds. The molecule has 1 aliphatic heterocycles. The van der Waals surface area contributed by atoms with E-state index in [1.165, 1.54) is 31.9 Å². The maximum absolute atomic E-state index is 13.7. The number of aliphatic hydroxyl groups is 1. The van der Waals surface area contributed by atoms with E-state index in [2.05, 4.69) is 4.90 Å². The summed E-state index contributed by atoms with van der Waals surface area (Å²) in [4.78, 5) is 2.49. The largest absolute Gasteiger partial charge is 0.388 e. The van der Waals surface area contributed by atoms with Gasteiger partial charge in [0.2, 0.25) is 0 Å². The Labute approximate surface area is 114 Å². The number of benzene rings is 1.